The second kappa shape index (κ2) is 4.55. The highest BCUT2D eigenvalue weighted by molar-refractivity contribution is 6.41. The van der Waals surface area contributed by atoms with Crippen LogP contribution in [0.3, 0.4) is 0 Å². The van der Waals surface area contributed by atoms with Crippen LogP contribution in [-0.4, -0.2) is 30.0 Å². The summed E-state index contributed by atoms with van der Waals surface area (Å²) in [6.45, 7) is 2.56. The van der Waals surface area contributed by atoms with Crippen LogP contribution in [0.4, 0.5) is 5.69 Å². The Hall–Kier alpha value is -1.88. The highest BCUT2D eigenvalue weighted by Gasteiger charge is 2.27. The number of aliphatic hydroxyl groups is 1. The molecule has 5 heteroatoms. The number of carbonyl (C=O) groups is 2. The van der Waals surface area contributed by atoms with Crippen molar-refractivity contribution < 1.29 is 14.7 Å². The SMILES string of the molecule is CC(O)c1cccc(N2CCNC(=O)C2=O)c1. The monoisotopic (exact) mass is 234 g/mol. The van der Waals surface area contributed by atoms with Gasteiger partial charge in [0, 0.05) is 18.8 Å². The molecule has 0 radical (unpaired) electrons. The van der Waals surface area contributed by atoms with E-state index >= 15 is 0 Å². The van der Waals surface area contributed by atoms with Crippen LogP contribution in [0.25, 0.3) is 0 Å². The average Bonchev–Trinajstić information content (AvgIpc) is 2.33. The van der Waals surface area contributed by atoms with E-state index in [9.17, 15) is 14.7 Å². The van der Waals surface area contributed by atoms with Gasteiger partial charge in [0.05, 0.1) is 6.10 Å². The molecule has 2 amide bonds. The van der Waals surface area contributed by atoms with Gasteiger partial charge >= 0.3 is 11.8 Å². The minimum atomic E-state index is -0.594. The van der Waals surface area contributed by atoms with E-state index in [4.69, 9.17) is 0 Å². The lowest BCUT2D eigenvalue weighted by Crippen LogP contribution is -2.52. The normalized spacial score (nSPS) is 17.9. The third-order valence-electron chi connectivity index (χ3n) is 2.72. The second-order valence-corrected chi connectivity index (χ2v) is 3.98. The number of anilines is 1. The number of benzene rings is 1. The molecule has 1 fully saturated rings. The summed E-state index contributed by atoms with van der Waals surface area (Å²) in [5, 5.41) is 12.0. The summed E-state index contributed by atoms with van der Waals surface area (Å²) >= 11 is 0. The van der Waals surface area contributed by atoms with Crippen LogP contribution in [0.2, 0.25) is 0 Å². The lowest BCUT2D eigenvalue weighted by atomic mass is 10.1. The summed E-state index contributed by atoms with van der Waals surface area (Å²) in [6.07, 6.45) is -0.594. The Morgan fingerprint density at radius 3 is 2.88 bits per heavy atom. The van der Waals surface area contributed by atoms with E-state index in [2.05, 4.69) is 5.32 Å². The number of piperazine rings is 1. The van der Waals surface area contributed by atoms with Crippen molar-refractivity contribution in [3.8, 4) is 0 Å². The summed E-state index contributed by atoms with van der Waals surface area (Å²) in [5.74, 6) is -1.14. The molecule has 0 aliphatic carbocycles. The number of carbonyl (C=O) groups excluding carboxylic acids is 2. The van der Waals surface area contributed by atoms with Crippen LogP contribution in [0.1, 0.15) is 18.6 Å². The van der Waals surface area contributed by atoms with Gasteiger partial charge in [0.25, 0.3) is 0 Å². The van der Waals surface area contributed by atoms with Crippen LogP contribution in [0, 0.1) is 0 Å². The number of nitrogens with zero attached hydrogens (tertiary/aromatic N) is 1. The Morgan fingerprint density at radius 2 is 2.18 bits per heavy atom. The molecule has 1 heterocycles. The van der Waals surface area contributed by atoms with E-state index in [0.29, 0.717) is 18.8 Å². The third-order valence-corrected chi connectivity index (χ3v) is 2.72. The van der Waals surface area contributed by atoms with Gasteiger partial charge in [0.15, 0.2) is 0 Å². The predicted octanol–water partition coefficient (Wildman–Crippen LogP) is 0.203. The number of amides is 2. The van der Waals surface area contributed by atoms with E-state index < -0.39 is 17.9 Å². The molecule has 5 nitrogen and oxygen atoms in total. The van der Waals surface area contributed by atoms with Gasteiger partial charge in [-0.05, 0) is 24.6 Å². The Balaban J connectivity index is 2.30. The van der Waals surface area contributed by atoms with Crippen molar-refractivity contribution in [2.75, 3.05) is 18.0 Å². The molecule has 0 saturated carbocycles. The zero-order valence-electron chi connectivity index (χ0n) is 9.51. The summed E-state index contributed by atoms with van der Waals surface area (Å²) in [7, 11) is 0. The van der Waals surface area contributed by atoms with Gasteiger partial charge < -0.3 is 15.3 Å². The Bertz CT molecular complexity index is 457. The predicted molar refractivity (Wildman–Crippen MR) is 62.4 cm³/mol. The van der Waals surface area contributed by atoms with Crippen molar-refractivity contribution in [1.82, 2.24) is 5.32 Å². The van der Waals surface area contributed by atoms with Crippen molar-refractivity contribution in [2.24, 2.45) is 0 Å². The molecule has 90 valence electrons. The van der Waals surface area contributed by atoms with Gasteiger partial charge in [-0.2, -0.15) is 0 Å². The average molecular weight is 234 g/mol. The first-order chi connectivity index (χ1) is 8.09. The van der Waals surface area contributed by atoms with Gasteiger partial charge in [-0.25, -0.2) is 0 Å². The molecule has 1 aromatic rings. The number of hydrogen-bond acceptors (Lipinski definition) is 3. The smallest absolute Gasteiger partial charge is 0.316 e. The molecule has 1 atom stereocenters. The quantitative estimate of drug-likeness (QED) is 0.718. The molecule has 1 saturated heterocycles. The van der Waals surface area contributed by atoms with Crippen molar-refractivity contribution >= 4 is 17.5 Å². The van der Waals surface area contributed by atoms with Crippen molar-refractivity contribution in [3.63, 3.8) is 0 Å². The summed E-state index contributed by atoms with van der Waals surface area (Å²) in [5.41, 5.74) is 1.37. The standard InChI is InChI=1S/C12H14N2O3/c1-8(15)9-3-2-4-10(7-9)14-6-5-13-11(16)12(14)17/h2-4,7-8,15H,5-6H2,1H3,(H,13,16). The zero-order chi connectivity index (χ0) is 12.4. The number of hydrogen-bond donors (Lipinski definition) is 2. The third kappa shape index (κ3) is 2.29. The summed E-state index contributed by atoms with van der Waals surface area (Å²) < 4.78 is 0. The number of rotatable bonds is 2. The molecule has 17 heavy (non-hydrogen) atoms. The second-order valence-electron chi connectivity index (χ2n) is 3.98. The molecular weight excluding hydrogens is 220 g/mol. The maximum atomic E-state index is 11.7. The lowest BCUT2D eigenvalue weighted by Gasteiger charge is -2.27. The first-order valence-electron chi connectivity index (χ1n) is 5.47. The van der Waals surface area contributed by atoms with E-state index in [1.54, 1.807) is 31.2 Å². The maximum absolute atomic E-state index is 11.7. The molecule has 0 aromatic heterocycles. The van der Waals surface area contributed by atoms with Crippen LogP contribution in [0.15, 0.2) is 24.3 Å². The van der Waals surface area contributed by atoms with Gasteiger partial charge in [-0.1, -0.05) is 12.1 Å². The fraction of sp³-hybridized carbons (Fsp3) is 0.333. The maximum Gasteiger partial charge on any atom is 0.316 e. The van der Waals surface area contributed by atoms with E-state index in [-0.39, 0.29) is 0 Å². The molecule has 1 aromatic carbocycles. The molecule has 0 bridgehead atoms. The van der Waals surface area contributed by atoms with E-state index in [1.165, 1.54) is 4.90 Å². The highest BCUT2D eigenvalue weighted by Crippen LogP contribution is 2.21. The fourth-order valence-electron chi connectivity index (χ4n) is 1.78. The minimum absolute atomic E-state index is 0.448. The summed E-state index contributed by atoms with van der Waals surface area (Å²) in [4.78, 5) is 24.3. The van der Waals surface area contributed by atoms with Gasteiger partial charge in [0.1, 0.15) is 0 Å². The first-order valence-corrected chi connectivity index (χ1v) is 5.47. The van der Waals surface area contributed by atoms with Crippen molar-refractivity contribution in [3.05, 3.63) is 29.8 Å². The highest BCUT2D eigenvalue weighted by atomic mass is 16.3. The van der Waals surface area contributed by atoms with Crippen LogP contribution >= 0.6 is 0 Å². The first kappa shape index (κ1) is 11.6. The molecule has 1 aliphatic heterocycles. The van der Waals surface area contributed by atoms with Crippen molar-refractivity contribution in [2.45, 2.75) is 13.0 Å². The molecular formula is C12H14N2O3. The van der Waals surface area contributed by atoms with Gasteiger partial charge in [-0.3, -0.25) is 9.59 Å². The van der Waals surface area contributed by atoms with E-state index in [1.807, 2.05) is 0 Å². The van der Waals surface area contributed by atoms with Crippen LogP contribution in [-0.2, 0) is 9.59 Å². The fourth-order valence-corrected chi connectivity index (χ4v) is 1.78. The minimum Gasteiger partial charge on any atom is -0.389 e. The van der Waals surface area contributed by atoms with Crippen molar-refractivity contribution in [1.29, 1.82) is 0 Å². The molecule has 0 spiro atoms. The number of nitrogens with one attached hydrogen (secondary N) is 1. The largest absolute Gasteiger partial charge is 0.389 e. The molecule has 2 rings (SSSR count). The Kier molecular flexibility index (Phi) is 3.10. The van der Waals surface area contributed by atoms with Crippen LogP contribution in [0.5, 0.6) is 0 Å². The van der Waals surface area contributed by atoms with Gasteiger partial charge in [-0.15, -0.1) is 0 Å². The Morgan fingerprint density at radius 1 is 1.41 bits per heavy atom. The zero-order valence-corrected chi connectivity index (χ0v) is 9.51. The topological polar surface area (TPSA) is 69.6 Å². The number of aliphatic hydroxyl groups excluding tert-OH is 1. The van der Waals surface area contributed by atoms with Crippen LogP contribution < -0.4 is 10.2 Å². The molecule has 1 aliphatic rings. The Labute approximate surface area is 99.0 Å². The van der Waals surface area contributed by atoms with E-state index in [0.717, 1.165) is 5.56 Å². The lowest BCUT2D eigenvalue weighted by molar-refractivity contribution is -0.138. The molecule has 2 N–H and O–H groups in total. The van der Waals surface area contributed by atoms with Gasteiger partial charge in [0.2, 0.25) is 0 Å². The summed E-state index contributed by atoms with van der Waals surface area (Å²) in [6, 6.07) is 7.02. The molecule has 1 unspecified atom stereocenters.